The van der Waals surface area contributed by atoms with Crippen molar-refractivity contribution in [3.05, 3.63) is 64.2 Å². The van der Waals surface area contributed by atoms with Crippen molar-refractivity contribution in [2.45, 2.75) is 24.6 Å². The molecule has 0 amide bonds. The fourth-order valence-corrected chi connectivity index (χ4v) is 4.08. The smallest absolute Gasteiger partial charge is 0.271 e. The molecule has 2 atom stereocenters. The van der Waals surface area contributed by atoms with Gasteiger partial charge in [-0.1, -0.05) is 18.2 Å². The zero-order valence-electron chi connectivity index (χ0n) is 16.2. The molecule has 0 bridgehead atoms. The number of benzene rings is 2. The lowest BCUT2D eigenvalue weighted by Crippen LogP contribution is -2.21. The van der Waals surface area contributed by atoms with E-state index in [9.17, 15) is 19.4 Å². The molecule has 0 saturated heterocycles. The molecule has 3 aromatic rings. The summed E-state index contributed by atoms with van der Waals surface area (Å²) in [5, 5.41) is 29.1. The second-order valence-electron chi connectivity index (χ2n) is 6.40. The van der Waals surface area contributed by atoms with Crippen LogP contribution in [0.1, 0.15) is 12.5 Å². The molecule has 0 aliphatic carbocycles. The van der Waals surface area contributed by atoms with E-state index in [-0.39, 0.29) is 29.0 Å². The van der Waals surface area contributed by atoms with Crippen molar-refractivity contribution in [2.24, 2.45) is 0 Å². The quantitative estimate of drug-likeness (QED) is 0.385. The molecule has 0 aliphatic rings. The summed E-state index contributed by atoms with van der Waals surface area (Å²) >= 11 is 0. The van der Waals surface area contributed by atoms with E-state index in [1.165, 1.54) is 22.8 Å². The Hall–Kier alpha value is -3.31. The average Bonchev–Trinajstić information content (AvgIpc) is 3.10. The first kappa shape index (κ1) is 21.4. The topological polar surface area (TPSA) is 146 Å². The van der Waals surface area contributed by atoms with E-state index in [4.69, 9.17) is 10.5 Å². The average molecular weight is 431 g/mol. The Balaban J connectivity index is 1.77. The Morgan fingerprint density at radius 1 is 1.27 bits per heavy atom. The number of nitrogen functional groups attached to an aromatic ring is 1. The third-order valence-corrected chi connectivity index (χ3v) is 5.54. The summed E-state index contributed by atoms with van der Waals surface area (Å²) in [7, 11) is -1.75. The highest BCUT2D eigenvalue weighted by atomic mass is 32.2. The lowest BCUT2D eigenvalue weighted by atomic mass is 10.1. The zero-order valence-corrected chi connectivity index (χ0v) is 17.0. The molecule has 2 aromatic carbocycles. The SMILES string of the molecule is CCOc1cccc(CC(O)CS(=O)c2nnc(N)n2-c2cccc([N+](=O)[O-])c2)c1. The van der Waals surface area contributed by atoms with Crippen LogP contribution in [0.5, 0.6) is 5.75 Å². The minimum atomic E-state index is -1.75. The van der Waals surface area contributed by atoms with Gasteiger partial charge < -0.3 is 15.6 Å². The van der Waals surface area contributed by atoms with Gasteiger partial charge >= 0.3 is 0 Å². The molecule has 30 heavy (non-hydrogen) atoms. The van der Waals surface area contributed by atoms with Crippen LogP contribution in [0.15, 0.2) is 53.7 Å². The van der Waals surface area contributed by atoms with Crippen LogP contribution in [-0.2, 0) is 17.2 Å². The van der Waals surface area contributed by atoms with Crippen molar-refractivity contribution >= 4 is 22.4 Å². The maximum absolute atomic E-state index is 12.9. The molecule has 0 aliphatic heterocycles. The summed E-state index contributed by atoms with van der Waals surface area (Å²) in [5.41, 5.74) is 6.85. The first-order valence-corrected chi connectivity index (χ1v) is 10.4. The lowest BCUT2D eigenvalue weighted by molar-refractivity contribution is -0.384. The maximum Gasteiger partial charge on any atom is 0.271 e. The van der Waals surface area contributed by atoms with Crippen molar-refractivity contribution in [1.82, 2.24) is 14.8 Å². The third-order valence-electron chi connectivity index (χ3n) is 4.19. The molecule has 0 radical (unpaired) electrons. The van der Waals surface area contributed by atoms with Gasteiger partial charge in [0.1, 0.15) is 5.75 Å². The van der Waals surface area contributed by atoms with Gasteiger partial charge in [-0.3, -0.25) is 18.9 Å². The van der Waals surface area contributed by atoms with E-state index >= 15 is 0 Å². The number of non-ortho nitro benzene ring substituents is 1. The third kappa shape index (κ3) is 4.99. The van der Waals surface area contributed by atoms with E-state index in [0.717, 1.165) is 5.56 Å². The number of aliphatic hydroxyl groups is 1. The van der Waals surface area contributed by atoms with Crippen molar-refractivity contribution in [3.8, 4) is 11.4 Å². The Morgan fingerprint density at radius 2 is 2.03 bits per heavy atom. The highest BCUT2D eigenvalue weighted by Gasteiger charge is 2.21. The van der Waals surface area contributed by atoms with Crippen LogP contribution in [0.3, 0.4) is 0 Å². The number of aliphatic hydroxyl groups excluding tert-OH is 1. The molecule has 0 saturated carbocycles. The molecule has 0 fully saturated rings. The number of nitrogens with two attached hydrogens (primary N) is 1. The van der Waals surface area contributed by atoms with Gasteiger partial charge in [-0.25, -0.2) is 0 Å². The Morgan fingerprint density at radius 3 is 2.77 bits per heavy atom. The van der Waals surface area contributed by atoms with Gasteiger partial charge in [0.15, 0.2) is 0 Å². The van der Waals surface area contributed by atoms with Crippen molar-refractivity contribution in [1.29, 1.82) is 0 Å². The maximum atomic E-state index is 12.9. The number of hydrogen-bond donors (Lipinski definition) is 2. The van der Waals surface area contributed by atoms with Crippen LogP contribution in [0, 0.1) is 10.1 Å². The van der Waals surface area contributed by atoms with Crippen LogP contribution < -0.4 is 10.5 Å². The van der Waals surface area contributed by atoms with Gasteiger partial charge in [-0.05, 0) is 37.1 Å². The molecule has 2 unspecified atom stereocenters. The van der Waals surface area contributed by atoms with Gasteiger partial charge in [-0.15, -0.1) is 10.2 Å². The molecule has 1 heterocycles. The summed E-state index contributed by atoms with van der Waals surface area (Å²) in [5.74, 6) is 0.533. The predicted octanol–water partition coefficient (Wildman–Crippen LogP) is 1.87. The number of anilines is 1. The monoisotopic (exact) mass is 431 g/mol. The standard InChI is InChI=1S/C19H21N5O5S/c1-2-29-17-8-3-5-13(10-17)9-16(25)12-30(28)19-22-21-18(20)23(19)14-6-4-7-15(11-14)24(26)27/h3-8,10-11,16,25H,2,9,12H2,1H3,(H2,20,21). The minimum absolute atomic E-state index is 0.00937. The van der Waals surface area contributed by atoms with E-state index in [1.807, 2.05) is 31.2 Å². The van der Waals surface area contributed by atoms with E-state index in [1.54, 1.807) is 6.07 Å². The predicted molar refractivity (Wildman–Crippen MR) is 111 cm³/mol. The number of rotatable bonds is 9. The summed E-state index contributed by atoms with van der Waals surface area (Å²) < 4.78 is 19.6. The lowest BCUT2D eigenvalue weighted by Gasteiger charge is -2.12. The summed E-state index contributed by atoms with van der Waals surface area (Å²) in [6.07, 6.45) is -0.646. The molecule has 10 nitrogen and oxygen atoms in total. The van der Waals surface area contributed by atoms with Crippen molar-refractivity contribution in [2.75, 3.05) is 18.1 Å². The fraction of sp³-hybridized carbons (Fsp3) is 0.263. The van der Waals surface area contributed by atoms with Crippen LogP contribution in [-0.4, -0.2) is 47.5 Å². The fourth-order valence-electron chi connectivity index (χ4n) is 2.93. The van der Waals surface area contributed by atoms with E-state index in [2.05, 4.69) is 10.2 Å². The first-order chi connectivity index (χ1) is 14.4. The van der Waals surface area contributed by atoms with Crippen LogP contribution in [0.2, 0.25) is 0 Å². The van der Waals surface area contributed by atoms with Crippen molar-refractivity contribution < 1.29 is 19.0 Å². The highest BCUT2D eigenvalue weighted by molar-refractivity contribution is 7.84. The van der Waals surface area contributed by atoms with Crippen molar-refractivity contribution in [3.63, 3.8) is 0 Å². The van der Waals surface area contributed by atoms with Gasteiger partial charge in [-0.2, -0.15) is 0 Å². The molecule has 3 N–H and O–H groups in total. The Kier molecular flexibility index (Phi) is 6.75. The number of ether oxygens (including phenoxy) is 1. The molecule has 1 aromatic heterocycles. The molecular formula is C19H21N5O5S. The second-order valence-corrected chi connectivity index (χ2v) is 7.79. The van der Waals surface area contributed by atoms with Crippen LogP contribution in [0.4, 0.5) is 11.6 Å². The van der Waals surface area contributed by atoms with Gasteiger partial charge in [0.25, 0.3) is 5.69 Å². The second kappa shape index (κ2) is 9.46. The van der Waals surface area contributed by atoms with Crippen LogP contribution in [0.25, 0.3) is 5.69 Å². The number of aromatic nitrogens is 3. The number of nitrogens with zero attached hydrogens (tertiary/aromatic N) is 4. The summed E-state index contributed by atoms with van der Waals surface area (Å²) in [4.78, 5) is 10.5. The highest BCUT2D eigenvalue weighted by Crippen LogP contribution is 2.22. The van der Waals surface area contributed by atoms with E-state index < -0.39 is 21.8 Å². The number of hydrogen-bond acceptors (Lipinski definition) is 8. The van der Waals surface area contributed by atoms with Gasteiger partial charge in [0.2, 0.25) is 11.1 Å². The first-order valence-electron chi connectivity index (χ1n) is 9.13. The number of nitro groups is 1. The molecular weight excluding hydrogens is 410 g/mol. The Bertz CT molecular complexity index is 1070. The molecule has 11 heteroatoms. The minimum Gasteiger partial charge on any atom is -0.494 e. The Labute approximate surface area is 174 Å². The van der Waals surface area contributed by atoms with Crippen LogP contribution >= 0.6 is 0 Å². The van der Waals surface area contributed by atoms with Gasteiger partial charge in [0, 0.05) is 12.1 Å². The molecule has 0 spiro atoms. The molecule has 158 valence electrons. The zero-order chi connectivity index (χ0) is 21.7. The largest absolute Gasteiger partial charge is 0.494 e. The summed E-state index contributed by atoms with van der Waals surface area (Å²) in [6.45, 7) is 2.42. The normalized spacial score (nSPS) is 13.0. The number of nitro benzene ring substituents is 1. The summed E-state index contributed by atoms with van der Waals surface area (Å²) in [6, 6.07) is 13.0. The van der Waals surface area contributed by atoms with E-state index in [0.29, 0.717) is 18.0 Å². The van der Waals surface area contributed by atoms with Gasteiger partial charge in [0.05, 0.1) is 39.9 Å². The molecule has 3 rings (SSSR count).